The Hall–Kier alpha value is -1.44. The van der Waals surface area contributed by atoms with Gasteiger partial charge in [-0.3, -0.25) is 0 Å². The van der Waals surface area contributed by atoms with Gasteiger partial charge in [0.2, 0.25) is 0 Å². The first kappa shape index (κ1) is 42.0. The molecule has 8 nitrogen and oxygen atoms in total. The van der Waals surface area contributed by atoms with Gasteiger partial charge in [-0.1, -0.05) is 94.6 Å². The molecule has 220 valence electrons. The van der Waals surface area contributed by atoms with E-state index in [4.69, 9.17) is 0 Å². The van der Waals surface area contributed by atoms with Gasteiger partial charge < -0.3 is 20.8 Å². The third kappa shape index (κ3) is 14.7. The van der Waals surface area contributed by atoms with Crippen LogP contribution in [0, 0.1) is 13.8 Å². The molecule has 2 aromatic rings. The van der Waals surface area contributed by atoms with Crippen LogP contribution in [0.15, 0.2) is 0 Å². The summed E-state index contributed by atoms with van der Waals surface area (Å²) in [6, 6.07) is 0. The van der Waals surface area contributed by atoms with Crippen molar-refractivity contribution in [3.63, 3.8) is 0 Å². The van der Waals surface area contributed by atoms with Crippen molar-refractivity contribution < 1.29 is 36.4 Å². The van der Waals surface area contributed by atoms with Crippen molar-refractivity contribution >= 4 is 0 Å². The van der Waals surface area contributed by atoms with Crippen LogP contribution in [0.4, 0.5) is 0 Å². The van der Waals surface area contributed by atoms with Gasteiger partial charge in [0.25, 0.3) is 0 Å². The number of aryl methyl sites for hydroxylation is 2. The fraction of sp³-hybridized carbons (Fsp3) is 0.733. The molecule has 0 saturated carbocycles. The fourth-order valence-electron chi connectivity index (χ4n) is 3.16. The first-order valence-corrected chi connectivity index (χ1v) is 13.0. The molecule has 39 heavy (non-hydrogen) atoms. The van der Waals surface area contributed by atoms with Crippen LogP contribution < -0.4 is 10.2 Å². The average molecular weight is 622 g/mol. The molecule has 0 spiro atoms. The number of rotatable bonds is 0. The summed E-state index contributed by atoms with van der Waals surface area (Å²) in [4.78, 5) is 17.2. The second-order valence-electron chi connectivity index (χ2n) is 13.5. The summed E-state index contributed by atoms with van der Waals surface area (Å²) in [5.41, 5.74) is 1.54. The molecule has 0 N–H and O–H groups in total. The number of hydrogen-bond acceptors (Lipinski definition) is 6. The molecule has 0 aliphatic carbocycles. The monoisotopic (exact) mass is 620 g/mol. The average Bonchev–Trinajstić information content (AvgIpc) is 2.69. The Kier molecular flexibility index (Phi) is 18.0. The molecular weight excluding hydrogens is 568 g/mol. The molecule has 0 unspecified atom stereocenters. The molecule has 9 heteroatoms. The van der Waals surface area contributed by atoms with E-state index in [1.54, 1.807) is 28.2 Å². The van der Waals surface area contributed by atoms with E-state index in [2.05, 4.69) is 30.6 Å². The van der Waals surface area contributed by atoms with Gasteiger partial charge in [-0.25, -0.2) is 19.9 Å². The summed E-state index contributed by atoms with van der Waals surface area (Å²) in [5.74, 6) is 1.33. The molecule has 0 bridgehead atoms. The van der Waals surface area contributed by atoms with Crippen LogP contribution in [0.3, 0.4) is 0 Å². The summed E-state index contributed by atoms with van der Waals surface area (Å²) in [6.45, 7) is 27.7. The Morgan fingerprint density at radius 2 is 0.564 bits per heavy atom. The maximum atomic E-state index is 12.3. The van der Waals surface area contributed by atoms with Gasteiger partial charge in [0.15, 0.2) is 0 Å². The van der Waals surface area contributed by atoms with Crippen molar-refractivity contribution in [3.05, 3.63) is 45.1 Å². The third-order valence-electron chi connectivity index (χ3n) is 4.80. The quantitative estimate of drug-likeness (QED) is 0.348. The van der Waals surface area contributed by atoms with Crippen LogP contribution in [-0.4, -0.2) is 48.1 Å². The van der Waals surface area contributed by atoms with E-state index in [0.717, 1.165) is 0 Å². The molecule has 0 aliphatic heterocycles. The van der Waals surface area contributed by atoms with Crippen LogP contribution in [0.1, 0.15) is 118 Å². The molecule has 0 aliphatic rings. The van der Waals surface area contributed by atoms with Crippen molar-refractivity contribution in [2.75, 3.05) is 28.2 Å². The Labute approximate surface area is 258 Å². The summed E-state index contributed by atoms with van der Waals surface area (Å²) in [6.07, 6.45) is 0. The molecule has 0 aromatic carbocycles. The molecule has 0 atom stereocenters. The van der Waals surface area contributed by atoms with Crippen LogP contribution in [0.25, 0.3) is 10.6 Å². The van der Waals surface area contributed by atoms with Crippen molar-refractivity contribution in [2.45, 2.75) is 119 Å². The Morgan fingerprint density at radius 1 is 0.436 bits per heavy atom. The molecule has 2 heterocycles. The SMILES string of the molecule is C[N-]C.C[N-]C.Cc1nc(C(C)(C)C)c([O-])c(C(C)(C)C)n1.Cc1nc(C(C)(C)C)c([O-])c(C(C)(C)C)n1.[Zr+4]. The zero-order chi connectivity index (χ0) is 30.9. The van der Waals surface area contributed by atoms with Gasteiger partial charge in [-0.2, -0.15) is 28.2 Å². The van der Waals surface area contributed by atoms with Crippen molar-refractivity contribution in [1.82, 2.24) is 19.9 Å². The summed E-state index contributed by atoms with van der Waals surface area (Å²) < 4.78 is 0. The van der Waals surface area contributed by atoms with Crippen LogP contribution in [0.5, 0.6) is 11.5 Å². The first-order chi connectivity index (χ1) is 16.9. The van der Waals surface area contributed by atoms with E-state index >= 15 is 0 Å². The number of nitrogens with zero attached hydrogens (tertiary/aromatic N) is 6. The maximum Gasteiger partial charge on any atom is 4.00 e. The van der Waals surface area contributed by atoms with E-state index in [-0.39, 0.29) is 59.4 Å². The third-order valence-corrected chi connectivity index (χ3v) is 4.80. The van der Waals surface area contributed by atoms with E-state index in [1.807, 2.05) is 96.9 Å². The van der Waals surface area contributed by atoms with Crippen molar-refractivity contribution in [3.8, 4) is 11.5 Å². The van der Waals surface area contributed by atoms with E-state index in [9.17, 15) is 10.2 Å². The maximum absolute atomic E-state index is 12.3. The molecule has 2 rings (SSSR count). The fourth-order valence-corrected chi connectivity index (χ4v) is 3.16. The predicted molar refractivity (Wildman–Crippen MR) is 158 cm³/mol. The first-order valence-electron chi connectivity index (χ1n) is 13.0. The van der Waals surface area contributed by atoms with Crippen molar-refractivity contribution in [2.24, 2.45) is 0 Å². The van der Waals surface area contributed by atoms with E-state index in [0.29, 0.717) is 34.4 Å². The minimum atomic E-state index is -0.231. The minimum absolute atomic E-state index is 0. The van der Waals surface area contributed by atoms with E-state index < -0.39 is 0 Å². The van der Waals surface area contributed by atoms with Gasteiger partial charge in [-0.15, -0.1) is 0 Å². The van der Waals surface area contributed by atoms with Gasteiger partial charge in [0.05, 0.1) is 0 Å². The number of hydrogen-bond donors (Lipinski definition) is 0. The van der Waals surface area contributed by atoms with Crippen molar-refractivity contribution in [1.29, 1.82) is 0 Å². The minimum Gasteiger partial charge on any atom is -0.870 e. The Balaban J connectivity index is -0.000000541. The normalized spacial score (nSPS) is 11.5. The second kappa shape index (κ2) is 16.7. The largest absolute Gasteiger partial charge is 4.00 e. The zero-order valence-corrected chi connectivity index (χ0v) is 30.5. The smallest absolute Gasteiger partial charge is 0.870 e. The van der Waals surface area contributed by atoms with Gasteiger partial charge in [-0.05, 0) is 13.8 Å². The molecule has 0 fully saturated rings. The molecule has 0 amide bonds. The Bertz CT molecular complexity index is 847. The summed E-state index contributed by atoms with van der Waals surface area (Å²) >= 11 is 0. The summed E-state index contributed by atoms with van der Waals surface area (Å²) in [7, 11) is 7.00. The van der Waals surface area contributed by atoms with Crippen LogP contribution >= 0.6 is 0 Å². The predicted octanol–water partition coefficient (Wildman–Crippen LogP) is 6.14. The molecule has 2 aromatic heterocycles. The molecule has 0 radical (unpaired) electrons. The second-order valence-corrected chi connectivity index (χ2v) is 13.5. The van der Waals surface area contributed by atoms with Gasteiger partial charge in [0, 0.05) is 44.4 Å². The summed E-state index contributed by atoms with van der Waals surface area (Å²) in [5, 5.41) is 31.6. The van der Waals surface area contributed by atoms with Crippen LogP contribution in [0.2, 0.25) is 0 Å². The number of aromatic nitrogens is 4. The Morgan fingerprint density at radius 3 is 0.667 bits per heavy atom. The zero-order valence-electron chi connectivity index (χ0n) is 28.0. The molecular formula is C30H54N6O2Zr. The topological polar surface area (TPSA) is 126 Å². The van der Waals surface area contributed by atoms with Gasteiger partial charge >= 0.3 is 26.2 Å². The van der Waals surface area contributed by atoms with Crippen LogP contribution in [-0.2, 0) is 47.9 Å². The molecule has 0 saturated heterocycles. The van der Waals surface area contributed by atoms with Gasteiger partial charge in [0.1, 0.15) is 11.6 Å². The standard InChI is InChI=1S/2C13H22N2O.2C2H6N.Zr/c2*1-8-14-10(12(2,3)4)9(16)11(15-8)13(5,6)7;2*1-3-2;/h2*16H,1-7H3;2*1-2H3;/q;;2*-1;+4/p-2. The van der Waals surface area contributed by atoms with E-state index in [1.165, 1.54) is 0 Å².